The van der Waals surface area contributed by atoms with Crippen LogP contribution in [0.1, 0.15) is 17.5 Å². The molecular formula is C18H16N2O2S. The van der Waals surface area contributed by atoms with Crippen LogP contribution in [0.2, 0.25) is 0 Å². The molecule has 0 aliphatic carbocycles. The van der Waals surface area contributed by atoms with E-state index in [4.69, 9.17) is 14.5 Å². The van der Waals surface area contributed by atoms with Crippen LogP contribution >= 0.6 is 11.3 Å². The van der Waals surface area contributed by atoms with Crippen LogP contribution in [0, 0.1) is 6.92 Å². The average molecular weight is 324 g/mol. The van der Waals surface area contributed by atoms with Gasteiger partial charge < -0.3 is 9.47 Å². The van der Waals surface area contributed by atoms with Gasteiger partial charge in [0.15, 0.2) is 6.29 Å². The lowest BCUT2D eigenvalue weighted by Crippen LogP contribution is -1.97. The second-order valence-corrected chi connectivity index (χ2v) is 6.37. The Morgan fingerprint density at radius 3 is 2.70 bits per heavy atom. The van der Waals surface area contributed by atoms with Crippen molar-refractivity contribution in [3.8, 4) is 21.0 Å². The van der Waals surface area contributed by atoms with Crippen LogP contribution in [0.15, 0.2) is 48.8 Å². The molecule has 1 aromatic carbocycles. The number of hydrogen-bond donors (Lipinski definition) is 0. The highest BCUT2D eigenvalue weighted by Gasteiger charge is 2.19. The zero-order valence-corrected chi connectivity index (χ0v) is 13.5. The van der Waals surface area contributed by atoms with Crippen LogP contribution < -0.4 is 0 Å². The maximum Gasteiger partial charge on any atom is 0.184 e. The first-order valence-electron chi connectivity index (χ1n) is 7.52. The summed E-state index contributed by atoms with van der Waals surface area (Å²) in [6, 6.07) is 12.3. The maximum absolute atomic E-state index is 5.59. The molecule has 116 valence electrons. The Labute approximate surface area is 138 Å². The highest BCUT2D eigenvalue weighted by atomic mass is 32.1. The van der Waals surface area contributed by atoms with Crippen molar-refractivity contribution < 1.29 is 9.47 Å². The molecule has 1 saturated heterocycles. The van der Waals surface area contributed by atoms with E-state index in [2.05, 4.69) is 17.1 Å². The van der Waals surface area contributed by atoms with E-state index in [9.17, 15) is 0 Å². The van der Waals surface area contributed by atoms with Gasteiger partial charge in [-0.3, -0.25) is 4.98 Å². The third kappa shape index (κ3) is 2.91. The minimum atomic E-state index is -0.249. The van der Waals surface area contributed by atoms with Gasteiger partial charge in [0.05, 0.1) is 23.8 Å². The third-order valence-corrected chi connectivity index (χ3v) is 5.00. The lowest BCUT2D eigenvalue weighted by Gasteiger charge is -2.10. The Hall–Kier alpha value is -2.08. The molecule has 5 heteroatoms. The summed E-state index contributed by atoms with van der Waals surface area (Å²) in [6.07, 6.45) is 3.37. The first kappa shape index (κ1) is 14.5. The van der Waals surface area contributed by atoms with Gasteiger partial charge in [-0.25, -0.2) is 4.98 Å². The second-order valence-electron chi connectivity index (χ2n) is 5.37. The summed E-state index contributed by atoms with van der Waals surface area (Å²) in [5.74, 6) is 0. The van der Waals surface area contributed by atoms with Crippen molar-refractivity contribution in [2.75, 3.05) is 13.2 Å². The van der Waals surface area contributed by atoms with Crippen LogP contribution in [-0.4, -0.2) is 23.2 Å². The molecule has 0 spiro atoms. The zero-order chi connectivity index (χ0) is 15.6. The van der Waals surface area contributed by atoms with Crippen molar-refractivity contribution in [3.63, 3.8) is 0 Å². The number of nitrogens with zero attached hydrogens (tertiary/aromatic N) is 2. The largest absolute Gasteiger partial charge is 0.346 e. The molecule has 4 rings (SSSR count). The first-order valence-corrected chi connectivity index (χ1v) is 8.34. The van der Waals surface area contributed by atoms with E-state index in [1.165, 1.54) is 4.88 Å². The van der Waals surface area contributed by atoms with Gasteiger partial charge >= 0.3 is 0 Å². The third-order valence-electron chi connectivity index (χ3n) is 3.75. The highest BCUT2D eigenvalue weighted by molar-refractivity contribution is 7.18. The highest BCUT2D eigenvalue weighted by Crippen LogP contribution is 2.36. The smallest absolute Gasteiger partial charge is 0.184 e. The number of benzene rings is 1. The Morgan fingerprint density at radius 2 is 1.91 bits per heavy atom. The molecular weight excluding hydrogens is 308 g/mol. The molecule has 0 bridgehead atoms. The molecule has 0 unspecified atom stereocenters. The van der Waals surface area contributed by atoms with E-state index < -0.39 is 0 Å². The first-order chi connectivity index (χ1) is 11.3. The Kier molecular flexibility index (Phi) is 3.91. The van der Waals surface area contributed by atoms with E-state index >= 15 is 0 Å². The summed E-state index contributed by atoms with van der Waals surface area (Å²) in [7, 11) is 0. The topological polar surface area (TPSA) is 44.2 Å². The monoisotopic (exact) mass is 324 g/mol. The quantitative estimate of drug-likeness (QED) is 0.723. The lowest BCUT2D eigenvalue weighted by molar-refractivity contribution is -0.0440. The van der Waals surface area contributed by atoms with E-state index in [1.54, 1.807) is 17.5 Å². The number of rotatable bonds is 3. The van der Waals surface area contributed by atoms with E-state index in [0.29, 0.717) is 13.2 Å². The van der Waals surface area contributed by atoms with Gasteiger partial charge in [-0.2, -0.15) is 0 Å². The fraction of sp³-hybridized carbons (Fsp3) is 0.222. The summed E-state index contributed by atoms with van der Waals surface area (Å²) in [4.78, 5) is 10.0. The molecule has 0 radical (unpaired) electrons. The second kappa shape index (κ2) is 6.20. The molecule has 3 aromatic rings. The van der Waals surface area contributed by atoms with Gasteiger partial charge in [0, 0.05) is 23.5 Å². The van der Waals surface area contributed by atoms with Crippen molar-refractivity contribution in [3.05, 3.63) is 60.0 Å². The van der Waals surface area contributed by atoms with Crippen LogP contribution in [-0.2, 0) is 9.47 Å². The molecule has 0 N–H and O–H groups in total. The molecule has 1 fully saturated rings. The molecule has 23 heavy (non-hydrogen) atoms. The maximum atomic E-state index is 5.59. The predicted octanol–water partition coefficient (Wildman–Crippen LogP) is 4.23. The van der Waals surface area contributed by atoms with Crippen molar-refractivity contribution in [1.29, 1.82) is 0 Å². The average Bonchev–Trinajstić information content (AvgIpc) is 3.25. The zero-order valence-electron chi connectivity index (χ0n) is 12.7. The van der Waals surface area contributed by atoms with Crippen LogP contribution in [0.4, 0.5) is 0 Å². The SMILES string of the molecule is Cc1nc(-c2cccnc2)sc1-c1cccc(C2OCCO2)c1. The predicted molar refractivity (Wildman–Crippen MR) is 90.2 cm³/mol. The number of thiazole rings is 1. The van der Waals surface area contributed by atoms with Crippen LogP contribution in [0.5, 0.6) is 0 Å². The molecule has 1 aliphatic heterocycles. The Bertz CT molecular complexity index is 811. The lowest BCUT2D eigenvalue weighted by atomic mass is 10.1. The van der Waals surface area contributed by atoms with Crippen LogP contribution in [0.3, 0.4) is 0 Å². The number of ether oxygens (including phenoxy) is 2. The molecule has 3 heterocycles. The standard InChI is InChI=1S/C18H16N2O2S/c1-12-16(23-17(20-12)15-6-3-7-19-11-15)13-4-2-5-14(10-13)18-21-8-9-22-18/h2-7,10-11,18H,8-9H2,1H3. The Morgan fingerprint density at radius 1 is 1.09 bits per heavy atom. The number of pyridine rings is 1. The molecule has 0 atom stereocenters. The normalized spacial score (nSPS) is 15.2. The van der Waals surface area contributed by atoms with Gasteiger partial charge in [0.2, 0.25) is 0 Å². The summed E-state index contributed by atoms with van der Waals surface area (Å²) in [5, 5.41) is 0.990. The fourth-order valence-corrected chi connectivity index (χ4v) is 3.71. The van der Waals surface area contributed by atoms with Gasteiger partial charge in [0.25, 0.3) is 0 Å². The van der Waals surface area contributed by atoms with Crippen molar-refractivity contribution in [2.24, 2.45) is 0 Å². The summed E-state index contributed by atoms with van der Waals surface area (Å²) in [5.41, 5.74) is 4.27. The van der Waals surface area contributed by atoms with Crippen molar-refractivity contribution in [2.45, 2.75) is 13.2 Å². The van der Waals surface area contributed by atoms with E-state index in [-0.39, 0.29) is 6.29 Å². The molecule has 1 aliphatic rings. The molecule has 2 aromatic heterocycles. The number of aromatic nitrogens is 2. The van der Waals surface area contributed by atoms with Gasteiger partial charge in [-0.1, -0.05) is 18.2 Å². The summed E-state index contributed by atoms with van der Waals surface area (Å²) in [6.45, 7) is 3.35. The Balaban J connectivity index is 1.71. The van der Waals surface area contributed by atoms with Crippen molar-refractivity contribution in [1.82, 2.24) is 9.97 Å². The molecule has 4 nitrogen and oxygen atoms in total. The van der Waals surface area contributed by atoms with Gasteiger partial charge in [-0.05, 0) is 30.7 Å². The molecule has 0 saturated carbocycles. The van der Waals surface area contributed by atoms with E-state index in [0.717, 1.165) is 27.4 Å². The fourth-order valence-electron chi connectivity index (χ4n) is 2.65. The minimum Gasteiger partial charge on any atom is -0.346 e. The molecule has 0 amide bonds. The van der Waals surface area contributed by atoms with Gasteiger partial charge in [-0.15, -0.1) is 11.3 Å². The minimum absolute atomic E-state index is 0.249. The number of hydrogen-bond acceptors (Lipinski definition) is 5. The van der Waals surface area contributed by atoms with Gasteiger partial charge in [0.1, 0.15) is 5.01 Å². The summed E-state index contributed by atoms with van der Waals surface area (Å²) >= 11 is 1.68. The van der Waals surface area contributed by atoms with Crippen molar-refractivity contribution >= 4 is 11.3 Å². The number of aryl methyl sites for hydroxylation is 1. The van der Waals surface area contributed by atoms with E-state index in [1.807, 2.05) is 37.4 Å². The summed E-state index contributed by atoms with van der Waals surface area (Å²) < 4.78 is 11.2. The van der Waals surface area contributed by atoms with Crippen LogP contribution in [0.25, 0.3) is 21.0 Å².